The number of hydrogen-bond donors (Lipinski definition) is 1. The molecule has 0 aromatic carbocycles. The highest BCUT2D eigenvalue weighted by Gasteiger charge is 2.38. The molecule has 0 radical (unpaired) electrons. The quantitative estimate of drug-likeness (QED) is 0.861. The summed E-state index contributed by atoms with van der Waals surface area (Å²) in [6.07, 6.45) is -2.04. The number of halogens is 3. The van der Waals surface area contributed by atoms with Crippen LogP contribution in [0.25, 0.3) is 0 Å². The Morgan fingerprint density at radius 1 is 1.42 bits per heavy atom. The monoisotopic (exact) mass is 276 g/mol. The highest BCUT2D eigenvalue weighted by Crippen LogP contribution is 2.27. The molecule has 2 N–H and O–H groups in total. The van der Waals surface area contributed by atoms with Crippen LogP contribution in [0.4, 0.5) is 13.2 Å². The molecule has 0 aliphatic heterocycles. The molecule has 0 aliphatic rings. The SMILES string of the molecule is C=C/C(=N\C(N)=C/C)c1noc(C(F)(F)F)n1.CC. The van der Waals surface area contributed by atoms with E-state index >= 15 is 0 Å². The maximum absolute atomic E-state index is 12.2. The molecular formula is C11H15F3N4O. The maximum Gasteiger partial charge on any atom is 0.471 e. The van der Waals surface area contributed by atoms with E-state index in [-0.39, 0.29) is 17.4 Å². The minimum absolute atomic E-state index is 0.000139. The molecule has 0 unspecified atom stereocenters. The summed E-state index contributed by atoms with van der Waals surface area (Å²) in [5.41, 5.74) is 5.40. The van der Waals surface area contributed by atoms with Crippen LogP contribution in [-0.2, 0) is 6.18 Å². The lowest BCUT2D eigenvalue weighted by Crippen LogP contribution is -2.07. The Morgan fingerprint density at radius 2 is 2.00 bits per heavy atom. The molecule has 1 rings (SSSR count). The van der Waals surface area contributed by atoms with Crippen molar-refractivity contribution in [1.82, 2.24) is 10.1 Å². The third kappa shape index (κ3) is 4.94. The average molecular weight is 276 g/mol. The van der Waals surface area contributed by atoms with Gasteiger partial charge in [0.15, 0.2) is 0 Å². The van der Waals surface area contributed by atoms with Crippen LogP contribution >= 0.6 is 0 Å². The standard InChI is InChI=1S/C9H9F3N4O.C2H6/c1-3-5(14-6(13)4-2)7-15-8(17-16-7)9(10,11)12;1-2/h3-4H,1,13H2,2H3;1-2H3/b6-4-,14-5+;. The molecule has 19 heavy (non-hydrogen) atoms. The summed E-state index contributed by atoms with van der Waals surface area (Å²) in [6.45, 7) is 9.00. The van der Waals surface area contributed by atoms with Crippen LogP contribution < -0.4 is 5.73 Å². The molecule has 8 heteroatoms. The Hall–Kier alpha value is -2.12. The summed E-state index contributed by atoms with van der Waals surface area (Å²) < 4.78 is 40.6. The lowest BCUT2D eigenvalue weighted by Gasteiger charge is -1.96. The van der Waals surface area contributed by atoms with Crippen molar-refractivity contribution in [3.05, 3.63) is 36.3 Å². The minimum Gasteiger partial charge on any atom is -0.384 e. The van der Waals surface area contributed by atoms with Gasteiger partial charge in [-0.2, -0.15) is 18.2 Å². The summed E-state index contributed by atoms with van der Waals surface area (Å²) in [7, 11) is 0. The number of hydrogen-bond acceptors (Lipinski definition) is 5. The molecule has 0 spiro atoms. The number of allylic oxidation sites excluding steroid dienone is 2. The van der Waals surface area contributed by atoms with E-state index in [0.29, 0.717) is 0 Å². The van der Waals surface area contributed by atoms with Crippen LogP contribution in [0.5, 0.6) is 0 Å². The van der Waals surface area contributed by atoms with Gasteiger partial charge in [-0.1, -0.05) is 25.6 Å². The van der Waals surface area contributed by atoms with Crippen molar-refractivity contribution in [1.29, 1.82) is 0 Å². The molecule has 1 heterocycles. The molecule has 0 aliphatic carbocycles. The van der Waals surface area contributed by atoms with E-state index in [1.165, 1.54) is 12.2 Å². The first kappa shape index (κ1) is 16.9. The van der Waals surface area contributed by atoms with Gasteiger partial charge < -0.3 is 10.3 Å². The molecule has 0 atom stereocenters. The molecule has 0 amide bonds. The maximum atomic E-state index is 12.2. The molecule has 5 nitrogen and oxygen atoms in total. The zero-order valence-electron chi connectivity index (χ0n) is 10.8. The molecule has 0 fully saturated rings. The third-order valence-corrected chi connectivity index (χ3v) is 1.64. The van der Waals surface area contributed by atoms with Crippen molar-refractivity contribution in [2.45, 2.75) is 26.9 Å². The minimum atomic E-state index is -4.69. The van der Waals surface area contributed by atoms with Gasteiger partial charge in [-0.05, 0) is 19.1 Å². The lowest BCUT2D eigenvalue weighted by atomic mass is 10.3. The topological polar surface area (TPSA) is 77.3 Å². The fourth-order valence-corrected chi connectivity index (χ4v) is 0.833. The number of rotatable bonds is 3. The van der Waals surface area contributed by atoms with Crippen LogP contribution in [0, 0.1) is 0 Å². The summed E-state index contributed by atoms with van der Waals surface area (Å²) >= 11 is 0. The molecular weight excluding hydrogens is 261 g/mol. The second kappa shape index (κ2) is 7.34. The van der Waals surface area contributed by atoms with Gasteiger partial charge in [-0.25, -0.2) is 4.99 Å². The number of nitrogens with zero attached hydrogens (tertiary/aromatic N) is 3. The van der Waals surface area contributed by atoms with E-state index in [2.05, 4.69) is 26.2 Å². The Bertz CT molecular complexity index is 475. The van der Waals surface area contributed by atoms with Crippen molar-refractivity contribution < 1.29 is 17.7 Å². The Morgan fingerprint density at radius 3 is 2.37 bits per heavy atom. The first-order valence-corrected chi connectivity index (χ1v) is 5.42. The zero-order chi connectivity index (χ0) is 15.1. The van der Waals surface area contributed by atoms with E-state index < -0.39 is 12.1 Å². The third-order valence-electron chi connectivity index (χ3n) is 1.64. The van der Waals surface area contributed by atoms with Gasteiger partial charge >= 0.3 is 12.1 Å². The van der Waals surface area contributed by atoms with Gasteiger partial charge in [0.05, 0.1) is 0 Å². The normalized spacial score (nSPS) is 12.7. The molecule has 0 bridgehead atoms. The highest BCUT2D eigenvalue weighted by atomic mass is 19.4. The van der Waals surface area contributed by atoms with Gasteiger partial charge in [0.1, 0.15) is 11.5 Å². The Kier molecular flexibility index (Phi) is 6.53. The fourth-order valence-electron chi connectivity index (χ4n) is 0.833. The zero-order valence-corrected chi connectivity index (χ0v) is 10.8. The number of nitrogens with two attached hydrogens (primary N) is 1. The average Bonchev–Trinajstić information content (AvgIpc) is 2.87. The van der Waals surface area contributed by atoms with Crippen molar-refractivity contribution in [2.24, 2.45) is 10.7 Å². The van der Waals surface area contributed by atoms with Gasteiger partial charge in [0, 0.05) is 0 Å². The first-order chi connectivity index (χ1) is 8.88. The van der Waals surface area contributed by atoms with E-state index in [1.54, 1.807) is 6.92 Å². The second-order valence-electron chi connectivity index (χ2n) is 2.84. The van der Waals surface area contributed by atoms with E-state index in [1.807, 2.05) is 13.8 Å². The second-order valence-corrected chi connectivity index (χ2v) is 2.84. The molecule has 0 saturated carbocycles. The lowest BCUT2D eigenvalue weighted by molar-refractivity contribution is -0.159. The van der Waals surface area contributed by atoms with Crippen molar-refractivity contribution in [3.8, 4) is 0 Å². The summed E-state index contributed by atoms with van der Waals surface area (Å²) in [4.78, 5) is 6.92. The number of aliphatic imine (C=N–C) groups is 1. The van der Waals surface area contributed by atoms with Gasteiger partial charge in [-0.15, -0.1) is 0 Å². The van der Waals surface area contributed by atoms with Crippen molar-refractivity contribution >= 4 is 5.71 Å². The van der Waals surface area contributed by atoms with Crippen molar-refractivity contribution in [3.63, 3.8) is 0 Å². The summed E-state index contributed by atoms with van der Waals surface area (Å²) in [6, 6.07) is 0. The first-order valence-electron chi connectivity index (χ1n) is 5.42. The van der Waals surface area contributed by atoms with Crippen LogP contribution in [0.15, 0.2) is 34.1 Å². The highest BCUT2D eigenvalue weighted by molar-refractivity contribution is 6.06. The van der Waals surface area contributed by atoms with Crippen LogP contribution in [0.1, 0.15) is 32.5 Å². The van der Waals surface area contributed by atoms with Crippen LogP contribution in [0.3, 0.4) is 0 Å². The largest absolute Gasteiger partial charge is 0.471 e. The molecule has 1 aromatic heterocycles. The predicted molar refractivity (Wildman–Crippen MR) is 65.3 cm³/mol. The predicted octanol–water partition coefficient (Wildman–Crippen LogP) is 2.91. The van der Waals surface area contributed by atoms with Gasteiger partial charge in [0.25, 0.3) is 0 Å². The smallest absolute Gasteiger partial charge is 0.384 e. The Balaban J connectivity index is 0.00000154. The summed E-state index contributed by atoms with van der Waals surface area (Å²) in [5.74, 6) is -1.66. The molecule has 0 saturated heterocycles. The van der Waals surface area contributed by atoms with Gasteiger partial charge in [0.2, 0.25) is 5.82 Å². The van der Waals surface area contributed by atoms with E-state index in [9.17, 15) is 13.2 Å². The van der Waals surface area contributed by atoms with E-state index in [0.717, 1.165) is 0 Å². The molecule has 106 valence electrons. The van der Waals surface area contributed by atoms with Gasteiger partial charge in [-0.3, -0.25) is 0 Å². The van der Waals surface area contributed by atoms with Crippen LogP contribution in [0.2, 0.25) is 0 Å². The van der Waals surface area contributed by atoms with E-state index in [4.69, 9.17) is 5.73 Å². The van der Waals surface area contributed by atoms with Crippen molar-refractivity contribution in [2.75, 3.05) is 0 Å². The number of aromatic nitrogens is 2. The molecule has 1 aromatic rings. The fraction of sp³-hybridized carbons (Fsp3) is 0.364. The van der Waals surface area contributed by atoms with Crippen LogP contribution in [-0.4, -0.2) is 15.9 Å². The summed E-state index contributed by atoms with van der Waals surface area (Å²) in [5, 5.41) is 3.15. The Labute approximate surface area is 108 Å². The number of alkyl halides is 3.